The van der Waals surface area contributed by atoms with Gasteiger partial charge in [0.1, 0.15) is 54.3 Å². The minimum atomic E-state index is -5.22. The lowest BCUT2D eigenvalue weighted by Crippen LogP contribution is -2.47. The summed E-state index contributed by atoms with van der Waals surface area (Å²) in [5, 5.41) is 14.4. The van der Waals surface area contributed by atoms with Gasteiger partial charge in [-0.2, -0.15) is 4.98 Å². The summed E-state index contributed by atoms with van der Waals surface area (Å²) in [6, 6.07) is 7.17. The number of ether oxygens (including phenoxy) is 3. The third-order valence-electron chi connectivity index (χ3n) is 9.17. The molecule has 3 aromatic heterocycles. The number of carbonyl (C=O) groups is 2. The van der Waals surface area contributed by atoms with E-state index < -0.39 is 95.4 Å². The van der Waals surface area contributed by atoms with Crippen molar-refractivity contribution in [3.63, 3.8) is 0 Å². The molecule has 24 nitrogen and oxygen atoms in total. The Morgan fingerprint density at radius 3 is 2.57 bits per heavy atom. The molecule has 2 aliphatic heterocycles. The molecule has 9 N–H and O–H groups in total. The monoisotopic (exact) mass is 991 g/mol. The maximum Gasteiger partial charge on any atom is 0.472 e. The number of anilines is 2. The van der Waals surface area contributed by atoms with Crippen LogP contribution in [0.5, 0.6) is 0 Å². The van der Waals surface area contributed by atoms with Crippen molar-refractivity contribution in [3.8, 4) is 0 Å². The molecule has 0 saturated carbocycles. The average molecular weight is 992 g/mol. The number of aromatic nitrogens is 6. The van der Waals surface area contributed by atoms with Gasteiger partial charge < -0.3 is 50.8 Å². The summed E-state index contributed by atoms with van der Waals surface area (Å²) in [6.07, 6.45) is -5.24. The number of aliphatic hydroxyl groups is 1. The maximum absolute atomic E-state index is 14.0. The third-order valence-corrected chi connectivity index (χ3v) is 11.3. The Hall–Kier alpha value is -4.24. The predicted molar refractivity (Wildman–Crippen MR) is 214 cm³/mol. The fourth-order valence-corrected chi connectivity index (χ4v) is 8.32. The zero-order chi connectivity index (χ0) is 43.4. The molecule has 60 heavy (non-hydrogen) atoms. The molecular weight excluding hydrogens is 951 g/mol. The van der Waals surface area contributed by atoms with Crippen LogP contribution in [0.4, 0.5) is 11.6 Å². The van der Waals surface area contributed by atoms with Gasteiger partial charge in [-0.3, -0.25) is 27.5 Å². The smallest absolute Gasteiger partial charge is 0.455 e. The van der Waals surface area contributed by atoms with Crippen LogP contribution in [0.2, 0.25) is 0 Å². The highest BCUT2D eigenvalue weighted by molar-refractivity contribution is 14.1. The zero-order valence-corrected chi connectivity index (χ0v) is 35.1. The van der Waals surface area contributed by atoms with Crippen LogP contribution in [0.25, 0.3) is 11.2 Å². The highest BCUT2D eigenvalue weighted by Crippen LogP contribution is 2.50. The Morgan fingerprint density at radius 1 is 1.08 bits per heavy atom. The number of phosphoric ester groups is 2. The first kappa shape index (κ1) is 45.3. The van der Waals surface area contributed by atoms with Crippen LogP contribution < -0.4 is 22.5 Å². The van der Waals surface area contributed by atoms with Gasteiger partial charge >= 0.3 is 27.3 Å². The Balaban J connectivity index is 1.24. The summed E-state index contributed by atoms with van der Waals surface area (Å²) in [6.45, 7) is 1.89. The molecule has 1 unspecified atom stereocenters. The Morgan fingerprint density at radius 2 is 1.85 bits per heavy atom. The molecule has 1 amide bonds. The Bertz CT molecular complexity index is 2370. The number of aliphatic hydroxyl groups excluding tert-OH is 1. The quantitative estimate of drug-likeness (QED) is 0.0311. The number of phosphoric acid groups is 2. The molecule has 4 aromatic rings. The molecule has 5 heterocycles. The van der Waals surface area contributed by atoms with E-state index in [0.29, 0.717) is 12.0 Å². The minimum absolute atomic E-state index is 0.0122. The van der Waals surface area contributed by atoms with E-state index in [1.54, 1.807) is 24.3 Å². The molecule has 0 bridgehead atoms. The first-order chi connectivity index (χ1) is 28.4. The van der Waals surface area contributed by atoms with Crippen molar-refractivity contribution >= 4 is 72.9 Å². The number of nitrogen functional groups attached to an aromatic ring is 2. The normalized spacial score (nSPS) is 24.5. The molecule has 2 fully saturated rings. The van der Waals surface area contributed by atoms with Crippen molar-refractivity contribution in [1.82, 2.24) is 34.4 Å². The van der Waals surface area contributed by atoms with Crippen molar-refractivity contribution < 1.29 is 66.3 Å². The number of hydrogen-bond acceptors (Lipinski definition) is 18. The number of fused-ring (bicyclic) bond motifs is 1. The molecule has 2 saturated heterocycles. The molecule has 27 heteroatoms. The first-order valence-electron chi connectivity index (χ1n) is 17.9. The fourth-order valence-electron chi connectivity index (χ4n) is 6.41. The molecule has 0 spiro atoms. The summed E-state index contributed by atoms with van der Waals surface area (Å²) >= 11 is 2.10. The summed E-state index contributed by atoms with van der Waals surface area (Å²) in [7, 11) is -10.3. The van der Waals surface area contributed by atoms with Crippen LogP contribution in [0.15, 0.2) is 66.6 Å². The highest BCUT2D eigenvalue weighted by Gasteiger charge is 2.50. The van der Waals surface area contributed by atoms with Gasteiger partial charge in [-0.15, -0.1) is 6.58 Å². The van der Waals surface area contributed by atoms with E-state index in [2.05, 4.69) is 58.9 Å². The predicted octanol–water partition coefficient (Wildman–Crippen LogP) is 0.615. The second kappa shape index (κ2) is 19.2. The number of esters is 1. The van der Waals surface area contributed by atoms with Crippen molar-refractivity contribution in [2.45, 2.75) is 74.7 Å². The zero-order valence-electron chi connectivity index (χ0n) is 31.2. The van der Waals surface area contributed by atoms with E-state index in [-0.39, 0.29) is 42.1 Å². The number of carbonyl (C=O) groups excluding carboxylic acids is 2. The highest BCUT2D eigenvalue weighted by atomic mass is 127. The molecule has 0 radical (unpaired) electrons. The van der Waals surface area contributed by atoms with Gasteiger partial charge in [0.05, 0.1) is 19.5 Å². The van der Waals surface area contributed by atoms with Gasteiger partial charge in [-0.25, -0.2) is 33.7 Å². The lowest BCUT2D eigenvalue weighted by atomic mass is 10.0. The van der Waals surface area contributed by atoms with Crippen molar-refractivity contribution in [2.75, 3.05) is 24.7 Å². The number of nitrogens with one attached hydrogen (secondary N) is 1. The summed E-state index contributed by atoms with van der Waals surface area (Å²) in [5.74, 6) is -1.56. The Labute approximate surface area is 353 Å². The van der Waals surface area contributed by atoms with Gasteiger partial charge in [-0.05, 0) is 52.8 Å². The van der Waals surface area contributed by atoms with Crippen LogP contribution in [0, 0.1) is 3.57 Å². The van der Waals surface area contributed by atoms with Gasteiger partial charge in [0.15, 0.2) is 23.8 Å². The number of rotatable bonds is 18. The molecule has 0 aliphatic carbocycles. The number of imidazole rings is 1. The standard InChI is InChI=1S/C33H40IN9O15P2/c1-2-3-7-24(44)40-19(11-17-5-4-6-18(34)10-17)32(46)57-28-22(56-31(27(28)45)43-16-39-26-29(36)37-15-38-30(26)43)14-54-60(51,52)58-20-12-25(42-9-8-23(35)41-33(42)47)55-21(20)13-53-59(48,49)50/h2,4-6,8-10,15-16,19-22,25,27-28,31,45H,1,3,7,11-14H2,(H,40,44)(H,51,52)(H2,35,41,47)(H2,36,37,38)(H2,48,49,50)/t19-,20+,21-,22+,25-,27-,28-,31-/m1/s1. The molecular formula is C33H40IN9O15P2. The SMILES string of the molecule is C=CCCC(=O)N[C@H](Cc1cccc(I)c1)C(=O)O[C@H]1[C@@H](O)[C@H](n2cnc3c(N)ncnc32)O[C@H]1COP(=O)(O)O[C@H]1C[C@H](n2ccc(N)nc2=O)O[C@@H]1COP(=O)(O)O. The van der Waals surface area contributed by atoms with Crippen molar-refractivity contribution in [2.24, 2.45) is 0 Å². The fraction of sp³-hybridized carbons (Fsp3) is 0.424. The second-order valence-corrected chi connectivity index (χ2v) is 17.3. The Kier molecular flexibility index (Phi) is 14.5. The van der Waals surface area contributed by atoms with Crippen LogP contribution >= 0.6 is 38.2 Å². The number of nitrogens with zero attached hydrogens (tertiary/aromatic N) is 6. The second-order valence-electron chi connectivity index (χ2n) is 13.4. The van der Waals surface area contributed by atoms with E-state index in [9.17, 15) is 43.3 Å². The molecule has 6 rings (SSSR count). The number of benzene rings is 1. The molecule has 9 atom stereocenters. The van der Waals surface area contributed by atoms with Gasteiger partial charge in [0, 0.05) is 29.0 Å². The van der Waals surface area contributed by atoms with Gasteiger partial charge in [-0.1, -0.05) is 18.2 Å². The first-order valence-corrected chi connectivity index (χ1v) is 22.0. The van der Waals surface area contributed by atoms with Crippen LogP contribution in [0.1, 0.15) is 37.3 Å². The van der Waals surface area contributed by atoms with E-state index in [4.69, 9.17) is 34.7 Å². The molecule has 324 valence electrons. The van der Waals surface area contributed by atoms with Gasteiger partial charge in [0.2, 0.25) is 5.91 Å². The maximum atomic E-state index is 14.0. The lowest BCUT2D eigenvalue weighted by molar-refractivity contribution is -0.160. The number of halogens is 1. The van der Waals surface area contributed by atoms with E-state index in [1.807, 2.05) is 6.07 Å². The number of nitrogens with two attached hydrogens (primary N) is 2. The number of amides is 1. The molecule has 1 aromatic carbocycles. The van der Waals surface area contributed by atoms with E-state index in [1.165, 1.54) is 23.2 Å². The van der Waals surface area contributed by atoms with Crippen molar-refractivity contribution in [3.05, 3.63) is 81.5 Å². The molecule has 2 aliphatic rings. The van der Waals surface area contributed by atoms with Crippen LogP contribution in [-0.2, 0) is 52.9 Å². The lowest BCUT2D eigenvalue weighted by Gasteiger charge is -2.25. The summed E-state index contributed by atoms with van der Waals surface area (Å²) in [5.41, 5.74) is 11.6. The number of allylic oxidation sites excluding steroid dienone is 1. The van der Waals surface area contributed by atoms with Crippen LogP contribution in [0.3, 0.4) is 0 Å². The number of hydrogen-bond donors (Lipinski definition) is 7. The summed E-state index contributed by atoms with van der Waals surface area (Å²) < 4.78 is 61.1. The van der Waals surface area contributed by atoms with E-state index >= 15 is 0 Å². The summed E-state index contributed by atoms with van der Waals surface area (Å²) in [4.78, 5) is 84.8. The topological polar surface area (TPSA) is 347 Å². The van der Waals surface area contributed by atoms with E-state index in [0.717, 1.165) is 14.5 Å². The van der Waals surface area contributed by atoms with Crippen molar-refractivity contribution in [1.29, 1.82) is 0 Å². The average Bonchev–Trinajstić information content (AvgIpc) is 3.87. The minimum Gasteiger partial charge on any atom is -0.455 e. The largest absolute Gasteiger partial charge is 0.472 e. The van der Waals surface area contributed by atoms with Crippen LogP contribution in [-0.4, -0.2) is 111 Å². The van der Waals surface area contributed by atoms with Gasteiger partial charge in [0.25, 0.3) is 0 Å². The third kappa shape index (κ3) is 11.4.